The van der Waals surface area contributed by atoms with Crippen LogP contribution in [0, 0.1) is 0 Å². The Morgan fingerprint density at radius 3 is 2.50 bits per heavy atom. The van der Waals surface area contributed by atoms with Gasteiger partial charge in [-0.05, 0) is 24.3 Å². The van der Waals surface area contributed by atoms with Gasteiger partial charge in [-0.1, -0.05) is 0 Å². The Labute approximate surface area is 90.1 Å². The van der Waals surface area contributed by atoms with Crippen LogP contribution in [0.3, 0.4) is 0 Å². The largest absolute Gasteiger partial charge is 0.497 e. The van der Waals surface area contributed by atoms with Gasteiger partial charge in [0, 0.05) is 0 Å². The van der Waals surface area contributed by atoms with Crippen molar-refractivity contribution in [1.82, 2.24) is 14.8 Å². The van der Waals surface area contributed by atoms with E-state index in [4.69, 9.17) is 4.74 Å². The van der Waals surface area contributed by atoms with Crippen LogP contribution in [0.15, 0.2) is 40.1 Å². The van der Waals surface area contributed by atoms with Gasteiger partial charge in [-0.25, -0.2) is 4.79 Å². The van der Waals surface area contributed by atoms with E-state index < -0.39 is 11.2 Å². The average Bonchev–Trinajstić information content (AvgIpc) is 2.29. The van der Waals surface area contributed by atoms with E-state index in [1.807, 2.05) is 0 Å². The molecular formula is C10H9N3O3. The summed E-state index contributed by atoms with van der Waals surface area (Å²) >= 11 is 0. The van der Waals surface area contributed by atoms with Crippen molar-refractivity contribution in [3.8, 4) is 11.4 Å². The molecule has 0 saturated heterocycles. The van der Waals surface area contributed by atoms with Crippen LogP contribution in [0.4, 0.5) is 0 Å². The number of methoxy groups -OCH3 is 1. The molecule has 0 radical (unpaired) electrons. The average molecular weight is 219 g/mol. The van der Waals surface area contributed by atoms with E-state index in [2.05, 4.69) is 10.1 Å². The third kappa shape index (κ3) is 1.85. The highest BCUT2D eigenvalue weighted by atomic mass is 16.5. The molecule has 0 aliphatic rings. The first-order chi connectivity index (χ1) is 7.70. The summed E-state index contributed by atoms with van der Waals surface area (Å²) in [5, 5.41) is 3.72. The Morgan fingerprint density at radius 1 is 1.25 bits per heavy atom. The van der Waals surface area contributed by atoms with E-state index in [9.17, 15) is 9.59 Å². The molecule has 0 fully saturated rings. The Hall–Kier alpha value is -2.37. The van der Waals surface area contributed by atoms with Crippen LogP contribution in [0.25, 0.3) is 5.69 Å². The molecule has 2 aromatic rings. The molecule has 1 aromatic heterocycles. The maximum atomic E-state index is 11.4. The molecule has 6 heteroatoms. The normalized spacial score (nSPS) is 10.1. The van der Waals surface area contributed by atoms with Crippen LogP contribution >= 0.6 is 0 Å². The quantitative estimate of drug-likeness (QED) is 0.767. The van der Waals surface area contributed by atoms with Crippen molar-refractivity contribution in [2.24, 2.45) is 0 Å². The monoisotopic (exact) mass is 219 g/mol. The zero-order valence-corrected chi connectivity index (χ0v) is 8.51. The second-order valence-corrected chi connectivity index (χ2v) is 3.05. The van der Waals surface area contributed by atoms with Crippen molar-refractivity contribution < 1.29 is 4.74 Å². The molecule has 0 amide bonds. The fraction of sp³-hybridized carbons (Fsp3) is 0.100. The van der Waals surface area contributed by atoms with Gasteiger partial charge < -0.3 is 4.74 Å². The minimum Gasteiger partial charge on any atom is -0.497 e. The standard InChI is InChI=1S/C10H9N3O3/c1-16-8-4-2-7(3-5-8)13-10(15)12-9(14)6-11-13/h2-6H,1H3,(H,12,14,15). The highest BCUT2D eigenvalue weighted by molar-refractivity contribution is 5.36. The Kier molecular flexibility index (Phi) is 2.55. The number of rotatable bonds is 2. The second-order valence-electron chi connectivity index (χ2n) is 3.05. The Balaban J connectivity index is 2.50. The van der Waals surface area contributed by atoms with E-state index in [-0.39, 0.29) is 0 Å². The minimum atomic E-state index is -0.572. The summed E-state index contributed by atoms with van der Waals surface area (Å²) < 4.78 is 6.09. The molecular weight excluding hydrogens is 210 g/mol. The van der Waals surface area contributed by atoms with Gasteiger partial charge in [0.05, 0.1) is 12.8 Å². The maximum absolute atomic E-state index is 11.4. The van der Waals surface area contributed by atoms with Gasteiger partial charge in [0.25, 0.3) is 5.56 Å². The van der Waals surface area contributed by atoms with Crippen LogP contribution in [0.1, 0.15) is 0 Å². The zero-order chi connectivity index (χ0) is 11.5. The SMILES string of the molecule is COc1ccc(-n2ncc(=O)[nH]c2=O)cc1. The van der Waals surface area contributed by atoms with Gasteiger partial charge in [-0.15, -0.1) is 0 Å². The number of ether oxygens (including phenoxy) is 1. The number of aromatic amines is 1. The molecule has 6 nitrogen and oxygen atoms in total. The molecule has 0 saturated carbocycles. The Bertz CT molecular complexity index is 598. The third-order valence-electron chi connectivity index (χ3n) is 2.03. The summed E-state index contributed by atoms with van der Waals surface area (Å²) in [6, 6.07) is 6.75. The van der Waals surface area contributed by atoms with E-state index in [1.54, 1.807) is 31.4 Å². The molecule has 1 aromatic carbocycles. The van der Waals surface area contributed by atoms with Crippen molar-refractivity contribution >= 4 is 0 Å². The highest BCUT2D eigenvalue weighted by Gasteiger charge is 2.01. The van der Waals surface area contributed by atoms with Crippen molar-refractivity contribution in [3.63, 3.8) is 0 Å². The highest BCUT2D eigenvalue weighted by Crippen LogP contribution is 2.12. The lowest BCUT2D eigenvalue weighted by molar-refractivity contribution is 0.414. The number of nitrogens with one attached hydrogen (secondary N) is 1. The second kappa shape index (κ2) is 4.01. The fourth-order valence-corrected chi connectivity index (χ4v) is 1.26. The first-order valence-corrected chi connectivity index (χ1v) is 4.54. The molecule has 82 valence electrons. The number of H-pyrrole nitrogens is 1. The molecule has 0 unspecified atom stereocenters. The van der Waals surface area contributed by atoms with Gasteiger partial charge >= 0.3 is 5.69 Å². The van der Waals surface area contributed by atoms with E-state index >= 15 is 0 Å². The lowest BCUT2D eigenvalue weighted by atomic mass is 10.3. The van der Waals surface area contributed by atoms with Crippen molar-refractivity contribution in [2.45, 2.75) is 0 Å². The molecule has 1 N–H and O–H groups in total. The van der Waals surface area contributed by atoms with E-state index in [0.717, 1.165) is 10.9 Å². The third-order valence-corrected chi connectivity index (χ3v) is 2.03. The van der Waals surface area contributed by atoms with Gasteiger partial charge in [0.1, 0.15) is 11.9 Å². The first-order valence-electron chi connectivity index (χ1n) is 4.54. The van der Waals surface area contributed by atoms with E-state index in [0.29, 0.717) is 11.4 Å². The predicted molar refractivity (Wildman–Crippen MR) is 57.0 cm³/mol. The molecule has 0 atom stereocenters. The number of hydrogen-bond acceptors (Lipinski definition) is 4. The number of aromatic nitrogens is 3. The number of hydrogen-bond donors (Lipinski definition) is 1. The summed E-state index contributed by atoms with van der Waals surface area (Å²) in [4.78, 5) is 24.4. The molecule has 1 heterocycles. The molecule has 0 aliphatic heterocycles. The Morgan fingerprint density at radius 2 is 1.94 bits per heavy atom. The van der Waals surface area contributed by atoms with Crippen LogP contribution < -0.4 is 16.0 Å². The van der Waals surface area contributed by atoms with Gasteiger partial charge in [0.15, 0.2) is 0 Å². The molecule has 0 bridgehead atoms. The summed E-state index contributed by atoms with van der Waals surface area (Å²) in [5.41, 5.74) is -0.533. The van der Waals surface area contributed by atoms with Gasteiger partial charge in [-0.3, -0.25) is 9.78 Å². The zero-order valence-electron chi connectivity index (χ0n) is 8.51. The summed E-state index contributed by atoms with van der Waals surface area (Å²) in [7, 11) is 1.55. The maximum Gasteiger partial charge on any atom is 0.349 e. The van der Waals surface area contributed by atoms with Crippen LogP contribution in [-0.4, -0.2) is 21.9 Å². The first kappa shape index (κ1) is 10.2. The summed E-state index contributed by atoms with van der Waals surface area (Å²) in [6.07, 6.45) is 1.05. The van der Waals surface area contributed by atoms with Crippen LogP contribution in [0.2, 0.25) is 0 Å². The lowest BCUT2D eigenvalue weighted by Gasteiger charge is -2.03. The minimum absolute atomic E-state index is 0.519. The van der Waals surface area contributed by atoms with Crippen LogP contribution in [0.5, 0.6) is 5.75 Å². The smallest absolute Gasteiger partial charge is 0.349 e. The summed E-state index contributed by atoms with van der Waals surface area (Å²) in [5.74, 6) is 0.682. The van der Waals surface area contributed by atoms with E-state index in [1.165, 1.54) is 0 Å². The molecule has 2 rings (SSSR count). The van der Waals surface area contributed by atoms with Crippen LogP contribution in [-0.2, 0) is 0 Å². The molecule has 0 aliphatic carbocycles. The van der Waals surface area contributed by atoms with Crippen molar-refractivity contribution in [2.75, 3.05) is 7.11 Å². The fourth-order valence-electron chi connectivity index (χ4n) is 1.26. The molecule has 16 heavy (non-hydrogen) atoms. The topological polar surface area (TPSA) is 77.0 Å². The van der Waals surface area contributed by atoms with Crippen molar-refractivity contribution in [3.05, 3.63) is 51.3 Å². The lowest BCUT2D eigenvalue weighted by Crippen LogP contribution is -2.30. The molecule has 0 spiro atoms. The van der Waals surface area contributed by atoms with Gasteiger partial charge in [0.2, 0.25) is 0 Å². The predicted octanol–water partition coefficient (Wildman–Crippen LogP) is -0.0706. The van der Waals surface area contributed by atoms with Gasteiger partial charge in [-0.2, -0.15) is 9.78 Å². The van der Waals surface area contributed by atoms with Crippen molar-refractivity contribution in [1.29, 1.82) is 0 Å². The number of nitrogens with zero attached hydrogens (tertiary/aromatic N) is 2. The summed E-state index contributed by atoms with van der Waals surface area (Å²) in [6.45, 7) is 0. The number of benzene rings is 1.